The van der Waals surface area contributed by atoms with E-state index >= 15 is 0 Å². The highest BCUT2D eigenvalue weighted by atomic mass is 16.6. The Morgan fingerprint density at radius 1 is 0.864 bits per heavy atom. The van der Waals surface area contributed by atoms with Gasteiger partial charge in [0.2, 0.25) is 5.75 Å². The fourth-order valence-electron chi connectivity index (χ4n) is 6.35. The summed E-state index contributed by atoms with van der Waals surface area (Å²) in [6.45, 7) is 13.2. The molecular formula is C44H53N5O10. The minimum Gasteiger partial charge on any atom is -0.504 e. The number of hydrogen-bond donors (Lipinski definition) is 5. The van der Waals surface area contributed by atoms with Gasteiger partial charge in [0.25, 0.3) is 5.91 Å². The molecule has 0 saturated carbocycles. The molecule has 7 N–H and O–H groups in total. The number of carbonyl (C=O) groups is 1. The average molecular weight is 812 g/mol. The normalized spacial score (nSPS) is 15.4. The maximum absolute atomic E-state index is 12.6. The number of likely N-dealkylation sites (N-methyl/N-ethyl adjacent to an activating group) is 1. The van der Waals surface area contributed by atoms with Gasteiger partial charge in [-0.2, -0.15) is 0 Å². The van der Waals surface area contributed by atoms with Crippen molar-refractivity contribution in [3.8, 4) is 22.8 Å². The van der Waals surface area contributed by atoms with Crippen molar-refractivity contribution in [1.29, 1.82) is 0 Å². The van der Waals surface area contributed by atoms with Gasteiger partial charge in [0.05, 0.1) is 89.4 Å². The van der Waals surface area contributed by atoms with Crippen LogP contribution in [0.15, 0.2) is 118 Å². The highest BCUT2D eigenvalue weighted by Gasteiger charge is 2.23. The molecule has 0 saturated heterocycles. The third-order valence-electron chi connectivity index (χ3n) is 9.38. The second-order valence-corrected chi connectivity index (χ2v) is 13.4. The topological polar surface area (TPSA) is 204 Å². The lowest BCUT2D eigenvalue weighted by Gasteiger charge is -2.32. The number of aromatic hydroxyl groups is 2. The number of phenolic OH excluding ortho intramolecular Hbond substituents is 2. The van der Waals surface area contributed by atoms with Gasteiger partial charge >= 0.3 is 0 Å². The lowest BCUT2D eigenvalue weighted by molar-refractivity contribution is -0.0113. The van der Waals surface area contributed by atoms with Crippen LogP contribution in [-0.2, 0) is 30.2 Å². The third kappa shape index (κ3) is 11.8. The van der Waals surface area contributed by atoms with Crippen LogP contribution in [0.1, 0.15) is 21.5 Å². The Kier molecular flexibility index (Phi) is 16.7. The van der Waals surface area contributed by atoms with Crippen LogP contribution >= 0.6 is 0 Å². The van der Waals surface area contributed by atoms with Crippen LogP contribution in [0.3, 0.4) is 0 Å². The van der Waals surface area contributed by atoms with E-state index < -0.39 is 11.5 Å². The van der Waals surface area contributed by atoms with Gasteiger partial charge in [-0.3, -0.25) is 9.59 Å². The number of nitrogens with zero attached hydrogens (tertiary/aromatic N) is 2. The molecular weight excluding hydrogens is 759 g/mol. The van der Waals surface area contributed by atoms with Crippen LogP contribution in [0, 0.1) is 0 Å². The third-order valence-corrected chi connectivity index (χ3v) is 9.38. The second kappa shape index (κ2) is 22.3. The number of carbonyl (C=O) groups excluding carboxylic acids is 1. The first kappa shape index (κ1) is 44.2. The Morgan fingerprint density at radius 2 is 1.47 bits per heavy atom. The number of allylic oxidation sites excluding steroid dienone is 2. The summed E-state index contributed by atoms with van der Waals surface area (Å²) in [6, 6.07) is 18.4. The van der Waals surface area contributed by atoms with Crippen LogP contribution in [0.2, 0.25) is 0 Å². The monoisotopic (exact) mass is 811 g/mol. The molecule has 0 bridgehead atoms. The Morgan fingerprint density at radius 3 is 2.10 bits per heavy atom. The fraction of sp³-hybridized carbons (Fsp3) is 0.318. The molecule has 314 valence electrons. The van der Waals surface area contributed by atoms with E-state index in [4.69, 9.17) is 39.7 Å². The van der Waals surface area contributed by atoms with Gasteiger partial charge in [0.1, 0.15) is 5.76 Å². The first-order valence-electron chi connectivity index (χ1n) is 19.2. The molecule has 5 rings (SSSR count). The largest absolute Gasteiger partial charge is 0.504 e. The summed E-state index contributed by atoms with van der Waals surface area (Å²) < 4.78 is 33.7. The molecule has 1 aliphatic rings. The Labute approximate surface area is 343 Å². The van der Waals surface area contributed by atoms with E-state index in [1.165, 1.54) is 18.2 Å². The maximum Gasteiger partial charge on any atom is 0.251 e. The Bertz CT molecular complexity index is 2180. The van der Waals surface area contributed by atoms with Crippen molar-refractivity contribution in [2.75, 3.05) is 86.2 Å². The van der Waals surface area contributed by atoms with Crippen LogP contribution in [0.25, 0.3) is 28.0 Å². The van der Waals surface area contributed by atoms with Gasteiger partial charge < -0.3 is 59.3 Å². The van der Waals surface area contributed by atoms with E-state index in [-0.39, 0.29) is 28.1 Å². The summed E-state index contributed by atoms with van der Waals surface area (Å²) >= 11 is 0. The van der Waals surface area contributed by atoms with E-state index in [2.05, 4.69) is 29.4 Å². The SMILES string of the molecule is C=CC1=C(\C=C)N(C)Cc2ccccc2/C(N(N)CCOCCOCCOCCOCCOCCNC(=O)c2ccc(-c3cc(=O)c4ccc(O)c(O)c4o3)cc2)=C\1N. The average Bonchev–Trinajstić information content (AvgIpc) is 3.23. The lowest BCUT2D eigenvalue weighted by atomic mass is 9.96. The molecule has 1 aliphatic heterocycles. The molecule has 1 aromatic heterocycles. The smallest absolute Gasteiger partial charge is 0.251 e. The molecule has 3 aromatic carbocycles. The highest BCUT2D eigenvalue weighted by molar-refractivity contribution is 5.94. The number of fused-ring (bicyclic) bond motifs is 2. The van der Waals surface area contributed by atoms with Gasteiger partial charge in [-0.1, -0.05) is 55.6 Å². The summed E-state index contributed by atoms with van der Waals surface area (Å²) in [5.74, 6) is 5.55. The van der Waals surface area contributed by atoms with Gasteiger partial charge in [0.15, 0.2) is 16.8 Å². The van der Waals surface area contributed by atoms with E-state index in [1.54, 1.807) is 41.4 Å². The number of amides is 1. The first-order valence-corrected chi connectivity index (χ1v) is 19.2. The molecule has 0 radical (unpaired) electrons. The van der Waals surface area contributed by atoms with Crippen molar-refractivity contribution in [2.45, 2.75) is 6.54 Å². The minimum atomic E-state index is -0.513. The van der Waals surface area contributed by atoms with Crippen molar-refractivity contribution in [2.24, 2.45) is 11.6 Å². The first-order chi connectivity index (χ1) is 28.6. The molecule has 2 heterocycles. The zero-order chi connectivity index (χ0) is 42.1. The Hall–Kier alpha value is -5.94. The van der Waals surface area contributed by atoms with Crippen LogP contribution in [0.5, 0.6) is 11.5 Å². The van der Waals surface area contributed by atoms with Crippen molar-refractivity contribution in [3.63, 3.8) is 0 Å². The van der Waals surface area contributed by atoms with Crippen LogP contribution in [0.4, 0.5) is 0 Å². The van der Waals surface area contributed by atoms with E-state index in [0.29, 0.717) is 108 Å². The summed E-state index contributed by atoms with van der Waals surface area (Å²) in [6.07, 6.45) is 3.51. The predicted molar refractivity (Wildman–Crippen MR) is 225 cm³/mol. The van der Waals surface area contributed by atoms with Crippen molar-refractivity contribution in [3.05, 3.63) is 136 Å². The number of rotatable bonds is 23. The molecule has 0 spiro atoms. The molecule has 0 unspecified atom stereocenters. The molecule has 15 heteroatoms. The van der Waals surface area contributed by atoms with Crippen LogP contribution in [-0.4, -0.2) is 112 Å². The number of phenols is 2. The van der Waals surface area contributed by atoms with E-state index in [1.807, 2.05) is 25.2 Å². The number of hydrazine groups is 1. The van der Waals surface area contributed by atoms with Crippen molar-refractivity contribution < 1.29 is 43.1 Å². The zero-order valence-corrected chi connectivity index (χ0v) is 33.3. The fourth-order valence-corrected chi connectivity index (χ4v) is 6.35. The van der Waals surface area contributed by atoms with Crippen LogP contribution < -0.4 is 22.3 Å². The summed E-state index contributed by atoms with van der Waals surface area (Å²) in [4.78, 5) is 27.1. The summed E-state index contributed by atoms with van der Waals surface area (Å²) in [5.41, 5.74) is 12.1. The van der Waals surface area contributed by atoms with Gasteiger partial charge in [-0.05, 0) is 35.9 Å². The molecule has 59 heavy (non-hydrogen) atoms. The molecule has 4 aromatic rings. The highest BCUT2D eigenvalue weighted by Crippen LogP contribution is 2.35. The zero-order valence-electron chi connectivity index (χ0n) is 33.3. The number of nitrogens with two attached hydrogens (primary N) is 2. The van der Waals surface area contributed by atoms with Crippen molar-refractivity contribution in [1.82, 2.24) is 15.2 Å². The van der Waals surface area contributed by atoms with Crippen molar-refractivity contribution >= 4 is 22.6 Å². The van der Waals surface area contributed by atoms with E-state index in [9.17, 15) is 19.8 Å². The number of benzene rings is 3. The van der Waals surface area contributed by atoms with Gasteiger partial charge in [0, 0.05) is 54.2 Å². The minimum absolute atomic E-state index is 0.114. The molecule has 0 atom stereocenters. The number of ether oxygens (including phenoxy) is 5. The van der Waals surface area contributed by atoms with Gasteiger partial charge in [-0.25, -0.2) is 5.84 Å². The number of hydrogen-bond acceptors (Lipinski definition) is 14. The maximum atomic E-state index is 12.6. The van der Waals surface area contributed by atoms with E-state index in [0.717, 1.165) is 22.4 Å². The Balaban J connectivity index is 0.871. The van der Waals surface area contributed by atoms with Gasteiger partial charge in [-0.15, -0.1) is 0 Å². The molecule has 0 fully saturated rings. The molecule has 1 amide bonds. The standard InChI is InChI=1S/C44H53N5O10/c1-4-33-36(5-2)48(3)29-32-8-6-7-9-34(32)41(40(33)45)49(46)17-19-55-21-23-57-25-27-58-26-24-56-22-20-54-18-16-47-44(53)31-12-10-30(11-13-31)39-28-38(51)35-14-15-37(50)42(52)43(35)59-39/h4-15,28,50,52H,1-2,16-27,29,45-46H2,3H3,(H,47,53)/b36-33-,41-40-. The second-order valence-electron chi connectivity index (χ2n) is 13.4. The summed E-state index contributed by atoms with van der Waals surface area (Å²) in [7, 11) is 2.00. The number of nitrogens with one attached hydrogen (secondary N) is 1. The molecule has 0 aliphatic carbocycles. The quantitative estimate of drug-likeness (QED) is 0.0308. The predicted octanol–water partition coefficient (Wildman–Crippen LogP) is 4.26. The summed E-state index contributed by atoms with van der Waals surface area (Å²) in [5, 5.41) is 24.4. The lowest BCUT2D eigenvalue weighted by Crippen LogP contribution is -2.36. The molecule has 15 nitrogen and oxygen atoms in total.